The Bertz CT molecular complexity index is 372. The summed E-state index contributed by atoms with van der Waals surface area (Å²) in [6.45, 7) is 1.59. The van der Waals surface area contributed by atoms with Crippen LogP contribution in [0.15, 0.2) is 24.3 Å². The average molecular weight is 236 g/mol. The Morgan fingerprint density at radius 2 is 1.94 bits per heavy atom. The molecular weight excluding hydrogens is 220 g/mol. The van der Waals surface area contributed by atoms with Gasteiger partial charge in [-0.15, -0.1) is 0 Å². The monoisotopic (exact) mass is 236 g/mol. The van der Waals surface area contributed by atoms with Crippen molar-refractivity contribution in [2.75, 3.05) is 25.5 Å². The first-order valence-electron chi connectivity index (χ1n) is 5.58. The van der Waals surface area contributed by atoms with E-state index in [0.29, 0.717) is 31.9 Å². The number of rotatable bonds is 4. The summed E-state index contributed by atoms with van der Waals surface area (Å²) in [6, 6.07) is 7.26. The number of carbonyl (C=O) groups is 1. The molecule has 1 aliphatic heterocycles. The largest absolute Gasteiger partial charge is 0.399 e. The van der Waals surface area contributed by atoms with Gasteiger partial charge in [-0.3, -0.25) is 4.79 Å². The van der Waals surface area contributed by atoms with Gasteiger partial charge in [0.2, 0.25) is 5.91 Å². The van der Waals surface area contributed by atoms with E-state index in [1.165, 1.54) is 0 Å². The van der Waals surface area contributed by atoms with E-state index in [0.717, 1.165) is 5.56 Å². The summed E-state index contributed by atoms with van der Waals surface area (Å²) in [5, 5.41) is 2.77. The number of anilines is 1. The predicted molar refractivity (Wildman–Crippen MR) is 63.3 cm³/mol. The molecule has 1 heterocycles. The normalized spacial score (nSPS) is 16.0. The molecule has 1 saturated heterocycles. The van der Waals surface area contributed by atoms with Gasteiger partial charge < -0.3 is 20.5 Å². The molecule has 0 unspecified atom stereocenters. The lowest BCUT2D eigenvalue weighted by atomic mass is 10.1. The third kappa shape index (κ3) is 3.72. The van der Waals surface area contributed by atoms with Gasteiger partial charge in [-0.2, -0.15) is 0 Å². The van der Waals surface area contributed by atoms with E-state index in [4.69, 9.17) is 15.2 Å². The van der Waals surface area contributed by atoms with E-state index in [1.807, 2.05) is 12.1 Å². The molecule has 5 heteroatoms. The van der Waals surface area contributed by atoms with Gasteiger partial charge in [-0.1, -0.05) is 12.1 Å². The second kappa shape index (κ2) is 5.65. The number of carbonyl (C=O) groups excluding carboxylic acids is 1. The fraction of sp³-hybridized carbons (Fsp3) is 0.417. The van der Waals surface area contributed by atoms with Crippen molar-refractivity contribution < 1.29 is 14.3 Å². The standard InChI is InChI=1S/C12H16N2O3/c13-10-3-1-9(2-4-10)7-11(15)14-8-12-16-5-6-17-12/h1-4,12H,5-8,13H2,(H,14,15). The van der Waals surface area contributed by atoms with Crippen LogP contribution >= 0.6 is 0 Å². The highest BCUT2D eigenvalue weighted by Gasteiger charge is 2.16. The number of nitrogens with one attached hydrogen (secondary N) is 1. The van der Waals surface area contributed by atoms with E-state index in [-0.39, 0.29) is 12.2 Å². The molecule has 0 radical (unpaired) electrons. The summed E-state index contributed by atoms with van der Waals surface area (Å²) >= 11 is 0. The summed E-state index contributed by atoms with van der Waals surface area (Å²) < 4.78 is 10.4. The molecule has 1 aromatic rings. The highest BCUT2D eigenvalue weighted by atomic mass is 16.7. The Hall–Kier alpha value is -1.59. The summed E-state index contributed by atoms with van der Waals surface area (Å²) in [6.07, 6.45) is 0.0397. The van der Waals surface area contributed by atoms with Crippen molar-refractivity contribution in [2.45, 2.75) is 12.7 Å². The number of amides is 1. The zero-order valence-electron chi connectivity index (χ0n) is 9.52. The minimum Gasteiger partial charge on any atom is -0.399 e. The van der Waals surface area contributed by atoms with Gasteiger partial charge in [0.1, 0.15) is 0 Å². The topological polar surface area (TPSA) is 73.6 Å². The highest BCUT2D eigenvalue weighted by molar-refractivity contribution is 5.78. The molecule has 1 aromatic carbocycles. The summed E-state index contributed by atoms with van der Waals surface area (Å²) in [7, 11) is 0. The lowest BCUT2D eigenvalue weighted by Gasteiger charge is -2.10. The molecule has 0 bridgehead atoms. The van der Waals surface area contributed by atoms with Gasteiger partial charge in [0.05, 0.1) is 26.2 Å². The van der Waals surface area contributed by atoms with E-state index in [2.05, 4.69) is 5.32 Å². The molecule has 0 aliphatic carbocycles. The zero-order valence-corrected chi connectivity index (χ0v) is 9.52. The van der Waals surface area contributed by atoms with Crippen molar-refractivity contribution in [1.29, 1.82) is 0 Å². The highest BCUT2D eigenvalue weighted by Crippen LogP contribution is 2.06. The third-order valence-electron chi connectivity index (χ3n) is 2.50. The molecule has 1 amide bonds. The van der Waals surface area contributed by atoms with Gasteiger partial charge in [0, 0.05) is 5.69 Å². The van der Waals surface area contributed by atoms with Crippen LogP contribution in [0.5, 0.6) is 0 Å². The zero-order chi connectivity index (χ0) is 12.1. The molecule has 3 N–H and O–H groups in total. The van der Waals surface area contributed by atoms with Crippen molar-refractivity contribution in [1.82, 2.24) is 5.32 Å². The molecule has 0 aromatic heterocycles. The Kier molecular flexibility index (Phi) is 3.95. The molecule has 0 saturated carbocycles. The molecule has 2 rings (SSSR count). The van der Waals surface area contributed by atoms with Crippen LogP contribution in [0.25, 0.3) is 0 Å². The number of nitrogen functional groups attached to an aromatic ring is 1. The summed E-state index contributed by atoms with van der Waals surface area (Å²) in [4.78, 5) is 11.6. The lowest BCUT2D eigenvalue weighted by molar-refractivity contribution is -0.122. The number of ether oxygens (including phenoxy) is 2. The third-order valence-corrected chi connectivity index (χ3v) is 2.50. The fourth-order valence-corrected chi connectivity index (χ4v) is 1.61. The minimum atomic E-state index is -0.301. The van der Waals surface area contributed by atoms with Crippen LogP contribution in [0.4, 0.5) is 5.69 Å². The van der Waals surface area contributed by atoms with Gasteiger partial charge in [-0.05, 0) is 17.7 Å². The van der Waals surface area contributed by atoms with E-state index < -0.39 is 0 Å². The predicted octanol–water partition coefficient (Wildman–Crippen LogP) is 0.300. The maximum atomic E-state index is 11.6. The average Bonchev–Trinajstić information content (AvgIpc) is 2.83. The van der Waals surface area contributed by atoms with Crippen LogP contribution in [0, 0.1) is 0 Å². The SMILES string of the molecule is Nc1ccc(CC(=O)NCC2OCCO2)cc1. The van der Waals surface area contributed by atoms with Crippen LogP contribution in [0.1, 0.15) is 5.56 Å². The second-order valence-corrected chi connectivity index (χ2v) is 3.89. The van der Waals surface area contributed by atoms with Gasteiger partial charge in [-0.25, -0.2) is 0 Å². The maximum Gasteiger partial charge on any atom is 0.224 e. The molecule has 1 fully saturated rings. The van der Waals surface area contributed by atoms with Gasteiger partial charge >= 0.3 is 0 Å². The van der Waals surface area contributed by atoms with E-state index >= 15 is 0 Å². The van der Waals surface area contributed by atoms with Gasteiger partial charge in [0.15, 0.2) is 6.29 Å². The van der Waals surface area contributed by atoms with Crippen LogP contribution < -0.4 is 11.1 Å². The second-order valence-electron chi connectivity index (χ2n) is 3.89. The Labute approximate surface area is 99.9 Å². The number of hydrogen-bond acceptors (Lipinski definition) is 4. The quantitative estimate of drug-likeness (QED) is 0.737. The van der Waals surface area contributed by atoms with Crippen LogP contribution in [0.3, 0.4) is 0 Å². The minimum absolute atomic E-state index is 0.0473. The van der Waals surface area contributed by atoms with Crippen molar-refractivity contribution in [3.05, 3.63) is 29.8 Å². The Morgan fingerprint density at radius 3 is 2.59 bits per heavy atom. The first kappa shape index (κ1) is 11.9. The first-order chi connectivity index (χ1) is 8.24. The van der Waals surface area contributed by atoms with Crippen LogP contribution in [-0.4, -0.2) is 32.0 Å². The Balaban J connectivity index is 1.74. The maximum absolute atomic E-state index is 11.6. The fourth-order valence-electron chi connectivity index (χ4n) is 1.61. The van der Waals surface area contributed by atoms with Crippen molar-refractivity contribution in [3.63, 3.8) is 0 Å². The Morgan fingerprint density at radius 1 is 1.29 bits per heavy atom. The molecule has 1 aliphatic rings. The molecule has 5 nitrogen and oxygen atoms in total. The molecule has 0 spiro atoms. The smallest absolute Gasteiger partial charge is 0.224 e. The van der Waals surface area contributed by atoms with Crippen molar-refractivity contribution in [2.24, 2.45) is 0 Å². The first-order valence-corrected chi connectivity index (χ1v) is 5.58. The van der Waals surface area contributed by atoms with Gasteiger partial charge in [0.25, 0.3) is 0 Å². The van der Waals surface area contributed by atoms with E-state index in [9.17, 15) is 4.79 Å². The molecule has 17 heavy (non-hydrogen) atoms. The van der Waals surface area contributed by atoms with Crippen LogP contribution in [0.2, 0.25) is 0 Å². The van der Waals surface area contributed by atoms with Crippen molar-refractivity contribution in [3.8, 4) is 0 Å². The van der Waals surface area contributed by atoms with E-state index in [1.54, 1.807) is 12.1 Å². The molecule has 92 valence electrons. The molecule has 0 atom stereocenters. The number of nitrogens with two attached hydrogens (primary N) is 1. The molecular formula is C12H16N2O3. The number of benzene rings is 1. The summed E-state index contributed by atoms with van der Waals surface area (Å²) in [5.74, 6) is -0.0473. The van der Waals surface area contributed by atoms with Crippen LogP contribution in [-0.2, 0) is 20.7 Å². The summed E-state index contributed by atoms with van der Waals surface area (Å²) in [5.41, 5.74) is 7.20. The van der Waals surface area contributed by atoms with Crippen molar-refractivity contribution >= 4 is 11.6 Å². The number of hydrogen-bond donors (Lipinski definition) is 2. The lowest BCUT2D eigenvalue weighted by Crippen LogP contribution is -2.33.